The Labute approximate surface area is 137 Å². The smallest absolute Gasteiger partial charge is 0.327 e. The zero-order chi connectivity index (χ0) is 17.9. The van der Waals surface area contributed by atoms with Crippen LogP contribution < -0.4 is 0 Å². The number of rotatable bonds is 4. The van der Waals surface area contributed by atoms with Gasteiger partial charge in [-0.25, -0.2) is 9.59 Å². The van der Waals surface area contributed by atoms with E-state index in [2.05, 4.69) is 13.2 Å². The largest absolute Gasteiger partial charge is 0.478 e. The molecule has 132 valence electrons. The molecule has 0 amide bonds. The van der Waals surface area contributed by atoms with E-state index in [0.717, 1.165) is 25.0 Å². The van der Waals surface area contributed by atoms with Gasteiger partial charge in [-0.2, -0.15) is 0 Å². The van der Waals surface area contributed by atoms with Crippen molar-refractivity contribution in [3.8, 4) is 0 Å². The van der Waals surface area contributed by atoms with Crippen LogP contribution in [0, 0.1) is 11.3 Å². The Balaban J connectivity index is 0.000000406. The molecule has 0 saturated heterocycles. The highest BCUT2D eigenvalue weighted by Crippen LogP contribution is 2.52. The van der Waals surface area contributed by atoms with E-state index >= 15 is 0 Å². The Hall–Kier alpha value is -1.66. The minimum atomic E-state index is -1.07. The van der Waals surface area contributed by atoms with E-state index in [0.29, 0.717) is 5.92 Å². The molecular formula is C17H28O6. The molecule has 0 aliphatic heterocycles. The number of carboxylic acids is 2. The molecule has 0 unspecified atom stereocenters. The third-order valence-electron chi connectivity index (χ3n) is 4.57. The molecule has 2 saturated carbocycles. The molecule has 0 bridgehead atoms. The SMILES string of the molecule is C=CC(=O)O.C=CC(=O)O.OC(O)C1(C2CCCC2)CCCC1. The number of hydrogen-bond donors (Lipinski definition) is 4. The van der Waals surface area contributed by atoms with Gasteiger partial charge < -0.3 is 20.4 Å². The zero-order valence-corrected chi connectivity index (χ0v) is 13.5. The Bertz CT molecular complexity index is 372. The van der Waals surface area contributed by atoms with Crippen molar-refractivity contribution < 1.29 is 30.0 Å². The minimum Gasteiger partial charge on any atom is -0.478 e. The van der Waals surface area contributed by atoms with Crippen molar-refractivity contribution in [2.24, 2.45) is 11.3 Å². The average molecular weight is 328 g/mol. The minimum absolute atomic E-state index is 0.115. The summed E-state index contributed by atoms with van der Waals surface area (Å²) < 4.78 is 0. The Kier molecular flexibility index (Phi) is 10.2. The fourth-order valence-electron chi connectivity index (χ4n) is 3.41. The van der Waals surface area contributed by atoms with E-state index in [1.165, 1.54) is 38.5 Å². The van der Waals surface area contributed by atoms with Crippen molar-refractivity contribution in [2.45, 2.75) is 57.7 Å². The van der Waals surface area contributed by atoms with Crippen LogP contribution in [0.15, 0.2) is 25.3 Å². The summed E-state index contributed by atoms with van der Waals surface area (Å²) in [5, 5.41) is 34.2. The van der Waals surface area contributed by atoms with Crippen LogP contribution in [-0.4, -0.2) is 38.7 Å². The first-order valence-corrected chi connectivity index (χ1v) is 7.87. The summed E-state index contributed by atoms with van der Waals surface area (Å²) in [6.07, 6.45) is 10.1. The van der Waals surface area contributed by atoms with Gasteiger partial charge in [-0.3, -0.25) is 0 Å². The predicted octanol–water partition coefficient (Wildman–Crippen LogP) is 2.56. The predicted molar refractivity (Wildman–Crippen MR) is 86.8 cm³/mol. The maximum atomic E-state index is 9.52. The zero-order valence-electron chi connectivity index (χ0n) is 13.5. The van der Waals surface area contributed by atoms with Gasteiger partial charge in [0.2, 0.25) is 0 Å². The fourth-order valence-corrected chi connectivity index (χ4v) is 3.41. The molecule has 6 heteroatoms. The van der Waals surface area contributed by atoms with Crippen LogP contribution in [0.3, 0.4) is 0 Å². The quantitative estimate of drug-likeness (QED) is 0.466. The highest BCUT2D eigenvalue weighted by atomic mass is 16.5. The lowest BCUT2D eigenvalue weighted by atomic mass is 9.72. The summed E-state index contributed by atoms with van der Waals surface area (Å²) in [4.78, 5) is 18.5. The molecule has 2 rings (SSSR count). The molecular weight excluding hydrogens is 300 g/mol. The van der Waals surface area contributed by atoms with Crippen molar-refractivity contribution in [3.63, 3.8) is 0 Å². The average Bonchev–Trinajstić information content (AvgIpc) is 3.19. The van der Waals surface area contributed by atoms with Gasteiger partial charge in [0.1, 0.15) is 0 Å². The molecule has 0 spiro atoms. The normalized spacial score (nSPS) is 19.1. The maximum absolute atomic E-state index is 9.52. The highest BCUT2D eigenvalue weighted by Gasteiger charge is 2.46. The molecule has 2 aliphatic rings. The van der Waals surface area contributed by atoms with Gasteiger partial charge in [0, 0.05) is 17.6 Å². The lowest BCUT2D eigenvalue weighted by Crippen LogP contribution is -2.38. The molecule has 6 nitrogen and oxygen atoms in total. The van der Waals surface area contributed by atoms with Gasteiger partial charge in [0.05, 0.1) is 0 Å². The van der Waals surface area contributed by atoms with Gasteiger partial charge in [-0.1, -0.05) is 38.8 Å². The molecule has 0 atom stereocenters. The molecule has 4 N–H and O–H groups in total. The summed E-state index contributed by atoms with van der Waals surface area (Å²) in [6, 6.07) is 0. The van der Waals surface area contributed by atoms with Gasteiger partial charge in [-0.15, -0.1) is 0 Å². The van der Waals surface area contributed by atoms with E-state index in [9.17, 15) is 19.8 Å². The molecule has 0 heterocycles. The maximum Gasteiger partial charge on any atom is 0.327 e. The number of aliphatic hydroxyl groups is 2. The van der Waals surface area contributed by atoms with E-state index in [4.69, 9.17) is 10.2 Å². The van der Waals surface area contributed by atoms with Gasteiger partial charge >= 0.3 is 11.9 Å². The molecule has 2 aliphatic carbocycles. The van der Waals surface area contributed by atoms with Crippen molar-refractivity contribution in [3.05, 3.63) is 25.3 Å². The Morgan fingerprint density at radius 1 is 0.913 bits per heavy atom. The van der Waals surface area contributed by atoms with Crippen LogP contribution in [0.25, 0.3) is 0 Å². The van der Waals surface area contributed by atoms with Crippen molar-refractivity contribution >= 4 is 11.9 Å². The van der Waals surface area contributed by atoms with E-state index in [1.54, 1.807) is 0 Å². The lowest BCUT2D eigenvalue weighted by molar-refractivity contribution is -0.155. The first-order valence-electron chi connectivity index (χ1n) is 7.87. The van der Waals surface area contributed by atoms with Gasteiger partial charge in [-0.05, 0) is 31.6 Å². The second-order valence-corrected chi connectivity index (χ2v) is 5.88. The summed E-state index contributed by atoms with van der Waals surface area (Å²) >= 11 is 0. The van der Waals surface area contributed by atoms with Crippen LogP contribution in [-0.2, 0) is 9.59 Å². The molecule has 0 aromatic rings. The second-order valence-electron chi connectivity index (χ2n) is 5.88. The molecule has 0 radical (unpaired) electrons. The van der Waals surface area contributed by atoms with Gasteiger partial charge in [0.25, 0.3) is 0 Å². The van der Waals surface area contributed by atoms with E-state index in [1.807, 2.05) is 0 Å². The van der Waals surface area contributed by atoms with E-state index in [-0.39, 0.29) is 5.41 Å². The first-order chi connectivity index (χ1) is 10.8. The number of carbonyl (C=O) groups is 2. The van der Waals surface area contributed by atoms with Crippen LogP contribution in [0.1, 0.15) is 51.4 Å². The number of carboxylic acid groups (broad SMARTS) is 2. The van der Waals surface area contributed by atoms with Crippen LogP contribution in [0.5, 0.6) is 0 Å². The standard InChI is InChI=1S/C11H20O2.2C3H4O2/c12-10(13)11(7-3-4-8-11)9-5-1-2-6-9;2*1-2-3(4)5/h9-10,12-13H,1-8H2;2*2H,1H2,(H,4,5). The fraction of sp³-hybridized carbons (Fsp3) is 0.647. The molecule has 0 aromatic carbocycles. The lowest BCUT2D eigenvalue weighted by Gasteiger charge is -2.37. The van der Waals surface area contributed by atoms with Crippen molar-refractivity contribution in [1.29, 1.82) is 0 Å². The second kappa shape index (κ2) is 11.0. The first kappa shape index (κ1) is 21.3. The number of aliphatic hydroxyl groups excluding tert-OH is 1. The third kappa shape index (κ3) is 7.43. The highest BCUT2D eigenvalue weighted by molar-refractivity contribution is 5.79. The summed E-state index contributed by atoms with van der Waals surface area (Å²) in [7, 11) is 0. The monoisotopic (exact) mass is 328 g/mol. The van der Waals surface area contributed by atoms with E-state index < -0.39 is 18.2 Å². The molecule has 2 fully saturated rings. The Morgan fingerprint density at radius 2 is 1.26 bits per heavy atom. The molecule has 0 aromatic heterocycles. The number of aliphatic carboxylic acids is 2. The third-order valence-corrected chi connectivity index (χ3v) is 4.57. The van der Waals surface area contributed by atoms with Crippen molar-refractivity contribution in [1.82, 2.24) is 0 Å². The molecule has 23 heavy (non-hydrogen) atoms. The van der Waals surface area contributed by atoms with Crippen LogP contribution in [0.2, 0.25) is 0 Å². The van der Waals surface area contributed by atoms with Gasteiger partial charge in [0.15, 0.2) is 6.29 Å². The summed E-state index contributed by atoms with van der Waals surface area (Å²) in [6.45, 7) is 5.92. The summed E-state index contributed by atoms with van der Waals surface area (Å²) in [5.41, 5.74) is -0.115. The Morgan fingerprint density at radius 3 is 1.52 bits per heavy atom. The number of hydrogen-bond acceptors (Lipinski definition) is 4. The van der Waals surface area contributed by atoms with Crippen LogP contribution in [0.4, 0.5) is 0 Å². The van der Waals surface area contributed by atoms with Crippen molar-refractivity contribution in [2.75, 3.05) is 0 Å². The topological polar surface area (TPSA) is 115 Å². The summed E-state index contributed by atoms with van der Waals surface area (Å²) in [5.74, 6) is -1.37. The van der Waals surface area contributed by atoms with Crippen LogP contribution >= 0.6 is 0 Å².